The number of halogens is 1. The molecule has 1 aromatic carbocycles. The summed E-state index contributed by atoms with van der Waals surface area (Å²) in [6.07, 6.45) is 3.83. The summed E-state index contributed by atoms with van der Waals surface area (Å²) in [6, 6.07) is 6.58. The molecular weight excluding hydrogens is 217 g/mol. The molecule has 0 spiro atoms. The van der Waals surface area contributed by atoms with Gasteiger partial charge in [0.2, 0.25) is 0 Å². The normalized spacial score (nSPS) is 12.4. The van der Waals surface area contributed by atoms with E-state index in [9.17, 15) is 4.39 Å². The Labute approximate surface area is 100 Å². The van der Waals surface area contributed by atoms with E-state index in [0.29, 0.717) is 0 Å². The summed E-state index contributed by atoms with van der Waals surface area (Å²) in [5, 5.41) is 7.46. The monoisotopic (exact) mass is 233 g/mol. The Bertz CT molecular complexity index is 493. The molecule has 17 heavy (non-hydrogen) atoms. The first-order valence-corrected chi connectivity index (χ1v) is 5.73. The van der Waals surface area contributed by atoms with Crippen LogP contribution in [0.5, 0.6) is 0 Å². The Balaban J connectivity index is 2.08. The number of aromatic nitrogens is 2. The first kappa shape index (κ1) is 11.6. The van der Waals surface area contributed by atoms with Gasteiger partial charge in [-0.2, -0.15) is 5.10 Å². The van der Waals surface area contributed by atoms with Crippen molar-refractivity contribution in [1.29, 1.82) is 0 Å². The number of nitrogens with one attached hydrogen (secondary N) is 1. The van der Waals surface area contributed by atoms with Crippen LogP contribution in [0, 0.1) is 5.82 Å². The zero-order valence-electron chi connectivity index (χ0n) is 10.0. The van der Waals surface area contributed by atoms with Crippen LogP contribution in [0.4, 0.5) is 10.1 Å². The fraction of sp³-hybridized carbons (Fsp3) is 0.308. The lowest BCUT2D eigenvalue weighted by Crippen LogP contribution is -2.05. The van der Waals surface area contributed by atoms with Crippen LogP contribution in [-0.2, 0) is 6.54 Å². The molecule has 1 N–H and O–H groups in total. The Morgan fingerprint density at radius 2 is 2.29 bits per heavy atom. The summed E-state index contributed by atoms with van der Waals surface area (Å²) < 4.78 is 14.9. The number of anilines is 1. The zero-order valence-corrected chi connectivity index (χ0v) is 10.0. The third-order valence-electron chi connectivity index (χ3n) is 2.69. The van der Waals surface area contributed by atoms with E-state index in [1.165, 1.54) is 12.1 Å². The van der Waals surface area contributed by atoms with Gasteiger partial charge in [0.05, 0.1) is 12.2 Å². The Hall–Kier alpha value is -1.84. The molecule has 0 aliphatic heterocycles. The minimum absolute atomic E-state index is 0.108. The highest BCUT2D eigenvalue weighted by Crippen LogP contribution is 2.19. The largest absolute Gasteiger partial charge is 0.378 e. The lowest BCUT2D eigenvalue weighted by molar-refractivity contribution is 0.628. The minimum atomic E-state index is -0.230. The van der Waals surface area contributed by atoms with Gasteiger partial charge in [-0.05, 0) is 32.0 Å². The Morgan fingerprint density at radius 1 is 1.47 bits per heavy atom. The highest BCUT2D eigenvalue weighted by atomic mass is 19.1. The average Bonchev–Trinajstić information content (AvgIpc) is 2.77. The molecule has 0 radical (unpaired) electrons. The molecular formula is C13H16FN3. The first-order chi connectivity index (χ1) is 8.19. The van der Waals surface area contributed by atoms with Crippen LogP contribution in [-0.4, -0.2) is 9.78 Å². The van der Waals surface area contributed by atoms with E-state index in [-0.39, 0.29) is 11.9 Å². The fourth-order valence-electron chi connectivity index (χ4n) is 1.69. The van der Waals surface area contributed by atoms with Crippen molar-refractivity contribution < 1.29 is 4.39 Å². The Morgan fingerprint density at radius 3 is 2.94 bits per heavy atom. The summed E-state index contributed by atoms with van der Waals surface area (Å²) >= 11 is 0. The molecule has 1 atom stereocenters. The molecule has 2 rings (SSSR count). The molecule has 0 amide bonds. The maximum atomic E-state index is 13.0. The van der Waals surface area contributed by atoms with E-state index in [0.717, 1.165) is 17.8 Å². The average molecular weight is 233 g/mol. The summed E-state index contributed by atoms with van der Waals surface area (Å²) in [6.45, 7) is 4.93. The molecule has 0 bridgehead atoms. The van der Waals surface area contributed by atoms with Gasteiger partial charge in [0.15, 0.2) is 0 Å². The standard InChI is InChI=1S/C13H16FN3/c1-3-17-9-11(8-15-17)10(2)16-13-6-4-5-12(14)7-13/h4-10,16H,3H2,1-2H3. The maximum Gasteiger partial charge on any atom is 0.125 e. The summed E-state index contributed by atoms with van der Waals surface area (Å²) in [4.78, 5) is 0. The van der Waals surface area contributed by atoms with Crippen LogP contribution in [0.3, 0.4) is 0 Å². The summed E-state index contributed by atoms with van der Waals surface area (Å²) in [7, 11) is 0. The Kier molecular flexibility index (Phi) is 3.42. The number of nitrogens with zero attached hydrogens (tertiary/aromatic N) is 2. The van der Waals surface area contributed by atoms with Crippen LogP contribution < -0.4 is 5.32 Å². The minimum Gasteiger partial charge on any atom is -0.378 e. The van der Waals surface area contributed by atoms with Crippen molar-refractivity contribution in [3.8, 4) is 0 Å². The molecule has 1 heterocycles. The molecule has 0 aliphatic carbocycles. The summed E-state index contributed by atoms with van der Waals surface area (Å²) in [5.41, 5.74) is 1.87. The molecule has 0 saturated carbocycles. The van der Waals surface area contributed by atoms with E-state index in [4.69, 9.17) is 0 Å². The highest BCUT2D eigenvalue weighted by molar-refractivity contribution is 5.45. The highest BCUT2D eigenvalue weighted by Gasteiger charge is 2.07. The van der Waals surface area contributed by atoms with Crippen molar-refractivity contribution in [3.05, 3.63) is 48.0 Å². The van der Waals surface area contributed by atoms with Crippen molar-refractivity contribution in [2.24, 2.45) is 0 Å². The second-order valence-corrected chi connectivity index (χ2v) is 4.01. The van der Waals surface area contributed by atoms with Crippen LogP contribution in [0.15, 0.2) is 36.7 Å². The second kappa shape index (κ2) is 4.99. The van der Waals surface area contributed by atoms with Crippen LogP contribution in [0.25, 0.3) is 0 Å². The number of rotatable bonds is 4. The van der Waals surface area contributed by atoms with Crippen LogP contribution in [0.2, 0.25) is 0 Å². The molecule has 0 fully saturated rings. The molecule has 0 aliphatic rings. The molecule has 0 saturated heterocycles. The lowest BCUT2D eigenvalue weighted by atomic mass is 10.2. The topological polar surface area (TPSA) is 29.9 Å². The third kappa shape index (κ3) is 2.84. The van der Waals surface area contributed by atoms with Gasteiger partial charge in [-0.1, -0.05) is 6.07 Å². The van der Waals surface area contributed by atoms with E-state index < -0.39 is 0 Å². The third-order valence-corrected chi connectivity index (χ3v) is 2.69. The SMILES string of the molecule is CCn1cc(C(C)Nc2cccc(F)c2)cn1. The van der Waals surface area contributed by atoms with Crippen molar-refractivity contribution >= 4 is 5.69 Å². The summed E-state index contributed by atoms with van der Waals surface area (Å²) in [5.74, 6) is -0.230. The quantitative estimate of drug-likeness (QED) is 0.878. The van der Waals surface area contributed by atoms with Gasteiger partial charge in [0.25, 0.3) is 0 Å². The smallest absolute Gasteiger partial charge is 0.125 e. The molecule has 90 valence electrons. The van der Waals surface area contributed by atoms with Gasteiger partial charge in [-0.3, -0.25) is 4.68 Å². The van der Waals surface area contributed by atoms with Gasteiger partial charge in [0, 0.05) is 24.0 Å². The molecule has 1 aromatic heterocycles. The van der Waals surface area contributed by atoms with Gasteiger partial charge in [-0.15, -0.1) is 0 Å². The van der Waals surface area contributed by atoms with E-state index in [1.807, 2.05) is 37.0 Å². The number of aryl methyl sites for hydroxylation is 1. The molecule has 4 heteroatoms. The van der Waals surface area contributed by atoms with Crippen molar-refractivity contribution in [2.45, 2.75) is 26.4 Å². The maximum absolute atomic E-state index is 13.0. The first-order valence-electron chi connectivity index (χ1n) is 5.73. The van der Waals surface area contributed by atoms with Crippen LogP contribution >= 0.6 is 0 Å². The molecule has 1 unspecified atom stereocenters. The van der Waals surface area contributed by atoms with E-state index >= 15 is 0 Å². The number of benzene rings is 1. The van der Waals surface area contributed by atoms with Crippen molar-refractivity contribution in [1.82, 2.24) is 9.78 Å². The van der Waals surface area contributed by atoms with Gasteiger partial charge < -0.3 is 5.32 Å². The zero-order chi connectivity index (χ0) is 12.3. The van der Waals surface area contributed by atoms with Crippen molar-refractivity contribution in [3.63, 3.8) is 0 Å². The predicted molar refractivity (Wildman–Crippen MR) is 66.3 cm³/mol. The van der Waals surface area contributed by atoms with Gasteiger partial charge in [0.1, 0.15) is 5.82 Å². The predicted octanol–water partition coefficient (Wildman–Crippen LogP) is 3.22. The van der Waals surface area contributed by atoms with E-state index in [1.54, 1.807) is 6.07 Å². The van der Waals surface area contributed by atoms with E-state index in [2.05, 4.69) is 10.4 Å². The van der Waals surface area contributed by atoms with Crippen LogP contribution in [0.1, 0.15) is 25.5 Å². The lowest BCUT2D eigenvalue weighted by Gasteiger charge is -2.13. The molecule has 3 nitrogen and oxygen atoms in total. The van der Waals surface area contributed by atoms with Gasteiger partial charge in [-0.25, -0.2) is 4.39 Å². The molecule has 2 aromatic rings. The van der Waals surface area contributed by atoms with Gasteiger partial charge >= 0.3 is 0 Å². The number of hydrogen-bond acceptors (Lipinski definition) is 2. The number of hydrogen-bond donors (Lipinski definition) is 1. The van der Waals surface area contributed by atoms with Crippen molar-refractivity contribution in [2.75, 3.05) is 5.32 Å². The fourth-order valence-corrected chi connectivity index (χ4v) is 1.69. The second-order valence-electron chi connectivity index (χ2n) is 4.01.